The Hall–Kier alpha value is -0.750. The van der Waals surface area contributed by atoms with Gasteiger partial charge in [0.15, 0.2) is 11.0 Å². The summed E-state index contributed by atoms with van der Waals surface area (Å²) in [6, 6.07) is 5.57. The van der Waals surface area contributed by atoms with Crippen molar-refractivity contribution < 1.29 is 5.11 Å². The summed E-state index contributed by atoms with van der Waals surface area (Å²) < 4.78 is 1.97. The first-order valence-corrected chi connectivity index (χ1v) is 8.49. The molecule has 0 amide bonds. The maximum absolute atomic E-state index is 9.26. The molecule has 21 heavy (non-hydrogen) atoms. The summed E-state index contributed by atoms with van der Waals surface area (Å²) in [6.45, 7) is 2.81. The van der Waals surface area contributed by atoms with E-state index in [4.69, 9.17) is 23.2 Å². The molecular formula is C14H17Cl2N3OS. The molecule has 0 saturated heterocycles. The number of rotatable bonds is 7. The van der Waals surface area contributed by atoms with E-state index in [9.17, 15) is 5.11 Å². The van der Waals surface area contributed by atoms with Crippen LogP contribution in [0.1, 0.15) is 24.7 Å². The van der Waals surface area contributed by atoms with Crippen LogP contribution in [-0.4, -0.2) is 25.6 Å². The maximum Gasteiger partial charge on any atom is 0.191 e. The Balaban J connectivity index is 1.98. The fraction of sp³-hybridized carbons (Fsp3) is 0.429. The van der Waals surface area contributed by atoms with Crippen LogP contribution in [0, 0.1) is 0 Å². The number of hydrogen-bond acceptors (Lipinski definition) is 4. The van der Waals surface area contributed by atoms with Gasteiger partial charge in [0.1, 0.15) is 6.61 Å². The van der Waals surface area contributed by atoms with Gasteiger partial charge in [-0.2, -0.15) is 0 Å². The second-order valence-corrected chi connectivity index (χ2v) is 6.52. The highest BCUT2D eigenvalue weighted by molar-refractivity contribution is 7.99. The van der Waals surface area contributed by atoms with E-state index in [0.717, 1.165) is 35.9 Å². The highest BCUT2D eigenvalue weighted by Crippen LogP contribution is 2.22. The molecule has 0 aliphatic carbocycles. The van der Waals surface area contributed by atoms with Crippen molar-refractivity contribution in [3.63, 3.8) is 0 Å². The molecule has 0 fully saturated rings. The summed E-state index contributed by atoms with van der Waals surface area (Å²) in [5, 5.41) is 19.5. The Morgan fingerprint density at radius 1 is 1.19 bits per heavy atom. The molecule has 0 radical (unpaired) electrons. The number of benzene rings is 1. The van der Waals surface area contributed by atoms with Gasteiger partial charge in [-0.15, -0.1) is 10.2 Å². The molecule has 0 atom stereocenters. The number of aliphatic hydroxyl groups excluding tert-OH is 1. The first-order valence-electron chi connectivity index (χ1n) is 6.74. The molecule has 2 aromatic rings. The Bertz CT molecular complexity index is 584. The van der Waals surface area contributed by atoms with Crippen molar-refractivity contribution in [1.82, 2.24) is 14.8 Å². The number of thioether (sulfide) groups is 1. The van der Waals surface area contributed by atoms with Crippen molar-refractivity contribution in [3.8, 4) is 0 Å². The Morgan fingerprint density at radius 2 is 1.90 bits per heavy atom. The topological polar surface area (TPSA) is 50.9 Å². The molecule has 0 unspecified atom stereocenters. The van der Waals surface area contributed by atoms with Gasteiger partial charge in [0.25, 0.3) is 0 Å². The van der Waals surface area contributed by atoms with Crippen molar-refractivity contribution >= 4 is 35.0 Å². The molecule has 4 nitrogen and oxygen atoms in total. The lowest BCUT2D eigenvalue weighted by atomic mass is 10.2. The maximum atomic E-state index is 9.26. The summed E-state index contributed by atoms with van der Waals surface area (Å²) >= 11 is 13.6. The smallest absolute Gasteiger partial charge is 0.191 e. The van der Waals surface area contributed by atoms with Crippen LogP contribution in [-0.2, 0) is 19.6 Å². The van der Waals surface area contributed by atoms with E-state index in [-0.39, 0.29) is 6.61 Å². The van der Waals surface area contributed by atoms with E-state index in [2.05, 4.69) is 17.1 Å². The average molecular weight is 346 g/mol. The Kier molecular flexibility index (Phi) is 6.36. The first-order chi connectivity index (χ1) is 10.1. The van der Waals surface area contributed by atoms with E-state index in [1.54, 1.807) is 17.8 Å². The van der Waals surface area contributed by atoms with E-state index in [0.29, 0.717) is 15.9 Å². The van der Waals surface area contributed by atoms with Crippen LogP contribution in [0.4, 0.5) is 0 Å². The van der Waals surface area contributed by atoms with Gasteiger partial charge in [-0.3, -0.25) is 0 Å². The minimum absolute atomic E-state index is 0.0859. The molecule has 0 bridgehead atoms. The second-order valence-electron chi connectivity index (χ2n) is 4.58. The fourth-order valence-corrected chi connectivity index (χ4v) is 3.55. The van der Waals surface area contributed by atoms with Crippen molar-refractivity contribution in [1.29, 1.82) is 0 Å². The van der Waals surface area contributed by atoms with Gasteiger partial charge in [-0.05, 0) is 36.6 Å². The third kappa shape index (κ3) is 4.61. The van der Waals surface area contributed by atoms with Gasteiger partial charge >= 0.3 is 0 Å². The summed E-state index contributed by atoms with van der Waals surface area (Å²) in [7, 11) is 0. The summed E-state index contributed by atoms with van der Waals surface area (Å²) in [6.07, 6.45) is 1.82. The Labute approximate surface area is 138 Å². The first kappa shape index (κ1) is 16.6. The molecule has 1 heterocycles. The van der Waals surface area contributed by atoms with E-state index in [1.165, 1.54) is 0 Å². The standard InChI is InChI=1S/C14H17Cl2N3OS/c1-2-4-19-13(9-20)17-18-14(19)21-5-3-10-6-11(15)8-12(16)7-10/h6-8,20H,2-5,9H2,1H3. The number of halogens is 2. The largest absolute Gasteiger partial charge is 0.388 e. The van der Waals surface area contributed by atoms with Crippen molar-refractivity contribution in [2.24, 2.45) is 0 Å². The average Bonchev–Trinajstić information content (AvgIpc) is 2.81. The molecule has 0 spiro atoms. The lowest BCUT2D eigenvalue weighted by Gasteiger charge is -2.07. The van der Waals surface area contributed by atoms with Gasteiger partial charge in [0.2, 0.25) is 0 Å². The molecule has 7 heteroatoms. The van der Waals surface area contributed by atoms with Crippen LogP contribution >= 0.6 is 35.0 Å². The number of hydrogen-bond donors (Lipinski definition) is 1. The quantitative estimate of drug-likeness (QED) is 0.775. The highest BCUT2D eigenvalue weighted by Gasteiger charge is 2.11. The van der Waals surface area contributed by atoms with Gasteiger partial charge in [-0.25, -0.2) is 0 Å². The summed E-state index contributed by atoms with van der Waals surface area (Å²) in [5.74, 6) is 1.47. The predicted molar refractivity (Wildman–Crippen MR) is 87.1 cm³/mol. The molecule has 1 N–H and O–H groups in total. The third-order valence-electron chi connectivity index (χ3n) is 2.93. The predicted octanol–water partition coefficient (Wildman–Crippen LogP) is 3.82. The van der Waals surface area contributed by atoms with Gasteiger partial charge in [-0.1, -0.05) is 41.9 Å². The van der Waals surface area contributed by atoms with Crippen LogP contribution < -0.4 is 0 Å². The van der Waals surface area contributed by atoms with Gasteiger partial charge in [0, 0.05) is 22.3 Å². The third-order valence-corrected chi connectivity index (χ3v) is 4.33. The van der Waals surface area contributed by atoms with E-state index >= 15 is 0 Å². The minimum Gasteiger partial charge on any atom is -0.388 e. The van der Waals surface area contributed by atoms with Crippen molar-refractivity contribution in [2.45, 2.75) is 38.1 Å². The molecule has 114 valence electrons. The zero-order valence-corrected chi connectivity index (χ0v) is 14.0. The van der Waals surface area contributed by atoms with E-state index in [1.807, 2.05) is 16.7 Å². The molecule has 0 aliphatic heterocycles. The van der Waals surface area contributed by atoms with Crippen LogP contribution in [0.15, 0.2) is 23.4 Å². The molecule has 0 aliphatic rings. The molecule has 1 aromatic carbocycles. The number of aliphatic hydroxyl groups is 1. The van der Waals surface area contributed by atoms with Crippen LogP contribution in [0.2, 0.25) is 10.0 Å². The lowest BCUT2D eigenvalue weighted by Crippen LogP contribution is -2.05. The van der Waals surface area contributed by atoms with Crippen molar-refractivity contribution in [2.75, 3.05) is 5.75 Å². The fourth-order valence-electron chi connectivity index (χ4n) is 2.01. The second kappa shape index (κ2) is 8.03. The lowest BCUT2D eigenvalue weighted by molar-refractivity contribution is 0.263. The Morgan fingerprint density at radius 3 is 2.52 bits per heavy atom. The van der Waals surface area contributed by atoms with Crippen molar-refractivity contribution in [3.05, 3.63) is 39.6 Å². The van der Waals surface area contributed by atoms with E-state index < -0.39 is 0 Å². The van der Waals surface area contributed by atoms with Gasteiger partial charge in [0.05, 0.1) is 0 Å². The highest BCUT2D eigenvalue weighted by atomic mass is 35.5. The van der Waals surface area contributed by atoms with Gasteiger partial charge < -0.3 is 9.67 Å². The van der Waals surface area contributed by atoms with Crippen LogP contribution in [0.25, 0.3) is 0 Å². The molecule has 1 aromatic heterocycles. The van der Waals surface area contributed by atoms with Crippen LogP contribution in [0.5, 0.6) is 0 Å². The monoisotopic (exact) mass is 345 g/mol. The minimum atomic E-state index is -0.0859. The molecular weight excluding hydrogens is 329 g/mol. The number of nitrogens with zero attached hydrogens (tertiary/aromatic N) is 3. The number of aromatic nitrogens is 3. The normalized spacial score (nSPS) is 11.0. The molecule has 2 rings (SSSR count). The SMILES string of the molecule is CCCn1c(CO)nnc1SCCc1cc(Cl)cc(Cl)c1. The van der Waals surface area contributed by atoms with Crippen LogP contribution in [0.3, 0.4) is 0 Å². The summed E-state index contributed by atoms with van der Waals surface area (Å²) in [5.41, 5.74) is 1.10. The zero-order chi connectivity index (χ0) is 15.2. The molecule has 0 saturated carbocycles. The summed E-state index contributed by atoms with van der Waals surface area (Å²) in [4.78, 5) is 0. The zero-order valence-electron chi connectivity index (χ0n) is 11.7. The number of aryl methyl sites for hydroxylation is 1.